The molecule has 0 fully saturated rings. The van der Waals surface area contributed by atoms with E-state index in [9.17, 15) is 15.1 Å². The van der Waals surface area contributed by atoms with E-state index in [1.807, 2.05) is 13.8 Å². The highest BCUT2D eigenvalue weighted by Crippen LogP contribution is 2.22. The summed E-state index contributed by atoms with van der Waals surface area (Å²) in [6.45, 7) is 3.70. The predicted octanol–water partition coefficient (Wildman–Crippen LogP) is 2.59. The zero-order chi connectivity index (χ0) is 18.4. The van der Waals surface area contributed by atoms with Gasteiger partial charge in [0.25, 0.3) is 0 Å². The van der Waals surface area contributed by atoms with Crippen LogP contribution in [-0.4, -0.2) is 39.1 Å². The third-order valence-corrected chi connectivity index (χ3v) is 3.71. The summed E-state index contributed by atoms with van der Waals surface area (Å²) in [5, 5.41) is 22.3. The molecular formula is C18H19N3O4. The van der Waals surface area contributed by atoms with Crippen molar-refractivity contribution in [2.24, 2.45) is 5.16 Å². The second-order valence-electron chi connectivity index (χ2n) is 5.37. The van der Waals surface area contributed by atoms with Crippen LogP contribution < -0.4 is 0 Å². The Hall–Kier alpha value is -3.22. The van der Waals surface area contributed by atoms with Crippen molar-refractivity contribution in [1.82, 2.24) is 9.97 Å². The Balaban J connectivity index is 2.46. The van der Waals surface area contributed by atoms with Crippen LogP contribution in [0, 0.1) is 13.8 Å². The Morgan fingerprint density at radius 2 is 1.92 bits per heavy atom. The van der Waals surface area contributed by atoms with E-state index < -0.39 is 5.97 Å². The number of nitrogens with zero attached hydrogens (tertiary/aromatic N) is 3. The van der Waals surface area contributed by atoms with E-state index in [2.05, 4.69) is 15.1 Å². The van der Waals surface area contributed by atoms with Crippen LogP contribution in [0.3, 0.4) is 0 Å². The molecule has 1 heterocycles. The lowest BCUT2D eigenvalue weighted by Gasteiger charge is -2.12. The van der Waals surface area contributed by atoms with Gasteiger partial charge in [-0.25, -0.2) is 4.79 Å². The molecular weight excluding hydrogens is 322 g/mol. The van der Waals surface area contributed by atoms with Gasteiger partial charge in [0.05, 0.1) is 36.2 Å². The quantitative estimate of drug-likeness (QED) is 0.275. The number of rotatable bonds is 6. The summed E-state index contributed by atoms with van der Waals surface area (Å²) in [6.07, 6.45) is 2.97. The maximum atomic E-state index is 11.5. The third kappa shape index (κ3) is 4.20. The van der Waals surface area contributed by atoms with Gasteiger partial charge in [-0.3, -0.25) is 9.97 Å². The van der Waals surface area contributed by atoms with Crippen molar-refractivity contribution in [3.8, 4) is 0 Å². The lowest BCUT2D eigenvalue weighted by atomic mass is 9.95. The fourth-order valence-corrected chi connectivity index (χ4v) is 2.35. The molecule has 1 aromatic carbocycles. The summed E-state index contributed by atoms with van der Waals surface area (Å²) in [5.74, 6) is -1.14. The molecule has 2 rings (SSSR count). The predicted molar refractivity (Wildman–Crippen MR) is 92.6 cm³/mol. The molecule has 0 aliphatic heterocycles. The van der Waals surface area contributed by atoms with Crippen molar-refractivity contribution in [2.75, 3.05) is 7.11 Å². The SMILES string of the molecule is CO/C=C(\C(=O)O)c1ccccc1/C(Cc1cnc(C)c(C)n1)=N\O. The van der Waals surface area contributed by atoms with Crippen LogP contribution in [0.15, 0.2) is 41.9 Å². The van der Waals surface area contributed by atoms with Crippen LogP contribution in [0.1, 0.15) is 28.2 Å². The molecule has 0 amide bonds. The first-order chi connectivity index (χ1) is 12.0. The van der Waals surface area contributed by atoms with E-state index in [0.717, 1.165) is 17.6 Å². The molecule has 7 heteroatoms. The van der Waals surface area contributed by atoms with Crippen molar-refractivity contribution in [2.45, 2.75) is 20.3 Å². The van der Waals surface area contributed by atoms with Crippen molar-refractivity contribution < 1.29 is 19.8 Å². The van der Waals surface area contributed by atoms with Gasteiger partial charge in [0, 0.05) is 23.7 Å². The largest absolute Gasteiger partial charge is 0.503 e. The summed E-state index contributed by atoms with van der Waals surface area (Å²) in [7, 11) is 1.37. The van der Waals surface area contributed by atoms with E-state index in [0.29, 0.717) is 16.8 Å². The summed E-state index contributed by atoms with van der Waals surface area (Å²) in [6, 6.07) is 6.76. The molecule has 7 nitrogen and oxygen atoms in total. The van der Waals surface area contributed by atoms with E-state index in [1.165, 1.54) is 7.11 Å². The molecule has 0 aliphatic rings. The summed E-state index contributed by atoms with van der Waals surface area (Å²) in [5.41, 5.74) is 3.36. The van der Waals surface area contributed by atoms with Gasteiger partial charge in [0.15, 0.2) is 0 Å². The van der Waals surface area contributed by atoms with E-state index >= 15 is 0 Å². The summed E-state index contributed by atoms with van der Waals surface area (Å²) < 4.78 is 4.87. The van der Waals surface area contributed by atoms with Crippen LogP contribution in [0.5, 0.6) is 0 Å². The zero-order valence-corrected chi connectivity index (χ0v) is 14.2. The number of carboxylic acids is 1. The number of aromatic nitrogens is 2. The minimum atomic E-state index is -1.14. The van der Waals surface area contributed by atoms with Gasteiger partial charge >= 0.3 is 5.97 Å². The molecule has 0 atom stereocenters. The first kappa shape index (κ1) is 18.1. The first-order valence-corrected chi connectivity index (χ1v) is 7.54. The Bertz CT molecular complexity index is 844. The molecule has 0 spiro atoms. The molecule has 2 N–H and O–H groups in total. The molecule has 0 aliphatic carbocycles. The van der Waals surface area contributed by atoms with Crippen LogP contribution in [0.25, 0.3) is 5.57 Å². The van der Waals surface area contributed by atoms with Crippen LogP contribution in [-0.2, 0) is 16.0 Å². The topological polar surface area (TPSA) is 105 Å². The Labute approximate surface area is 145 Å². The average molecular weight is 341 g/mol. The normalized spacial score (nSPS) is 12.1. The van der Waals surface area contributed by atoms with Crippen LogP contribution in [0.2, 0.25) is 0 Å². The summed E-state index contributed by atoms with van der Waals surface area (Å²) in [4.78, 5) is 20.2. The van der Waals surface area contributed by atoms with Gasteiger partial charge in [-0.2, -0.15) is 0 Å². The molecule has 1 aromatic heterocycles. The van der Waals surface area contributed by atoms with Crippen molar-refractivity contribution >= 4 is 17.3 Å². The second kappa shape index (κ2) is 8.05. The molecule has 2 aromatic rings. The van der Waals surface area contributed by atoms with Gasteiger partial charge in [-0.15, -0.1) is 0 Å². The smallest absolute Gasteiger partial charge is 0.339 e. The molecule has 0 unspecified atom stereocenters. The molecule has 130 valence electrons. The fourth-order valence-electron chi connectivity index (χ4n) is 2.35. The van der Waals surface area contributed by atoms with Gasteiger partial charge < -0.3 is 15.1 Å². The number of aliphatic carboxylic acids is 1. The zero-order valence-electron chi connectivity index (χ0n) is 14.2. The van der Waals surface area contributed by atoms with Crippen molar-refractivity contribution in [3.63, 3.8) is 0 Å². The lowest BCUT2D eigenvalue weighted by Crippen LogP contribution is -2.13. The van der Waals surface area contributed by atoms with Crippen molar-refractivity contribution in [1.29, 1.82) is 0 Å². The minimum absolute atomic E-state index is 0.0366. The monoisotopic (exact) mass is 341 g/mol. The Kier molecular flexibility index (Phi) is 5.84. The number of hydrogen-bond donors (Lipinski definition) is 2. The number of hydrogen-bond acceptors (Lipinski definition) is 6. The molecule has 25 heavy (non-hydrogen) atoms. The molecule has 0 saturated carbocycles. The van der Waals surface area contributed by atoms with Gasteiger partial charge in [0.2, 0.25) is 0 Å². The van der Waals surface area contributed by atoms with Gasteiger partial charge in [-0.05, 0) is 13.8 Å². The number of carbonyl (C=O) groups is 1. The molecule has 0 radical (unpaired) electrons. The van der Waals surface area contributed by atoms with Gasteiger partial charge in [-0.1, -0.05) is 29.4 Å². The Morgan fingerprint density at radius 3 is 2.48 bits per heavy atom. The van der Waals surface area contributed by atoms with Crippen LogP contribution >= 0.6 is 0 Å². The highest BCUT2D eigenvalue weighted by molar-refractivity contribution is 6.19. The third-order valence-electron chi connectivity index (χ3n) is 3.71. The number of carboxylic acid groups (broad SMARTS) is 1. The maximum Gasteiger partial charge on any atom is 0.339 e. The highest BCUT2D eigenvalue weighted by atomic mass is 16.5. The first-order valence-electron chi connectivity index (χ1n) is 7.54. The van der Waals surface area contributed by atoms with Crippen LogP contribution in [0.4, 0.5) is 0 Å². The number of methoxy groups -OCH3 is 1. The van der Waals surface area contributed by atoms with Gasteiger partial charge in [0.1, 0.15) is 5.57 Å². The highest BCUT2D eigenvalue weighted by Gasteiger charge is 2.19. The second-order valence-corrected chi connectivity index (χ2v) is 5.37. The number of aryl methyl sites for hydroxylation is 2. The minimum Gasteiger partial charge on any atom is -0.503 e. The molecule has 0 bridgehead atoms. The molecule has 0 saturated heterocycles. The standard InChI is InChI=1S/C18H19N3O4/c1-11-12(2)20-13(9-19-11)8-17(21-24)15-7-5-4-6-14(15)16(10-25-3)18(22)23/h4-7,9-10,24H,8H2,1-3H3,(H,22,23)/b16-10-,21-17-. The maximum absolute atomic E-state index is 11.5. The fraction of sp³-hybridized carbons (Fsp3) is 0.222. The number of ether oxygens (including phenoxy) is 1. The summed E-state index contributed by atoms with van der Waals surface area (Å²) >= 11 is 0. The van der Waals surface area contributed by atoms with Crippen molar-refractivity contribution in [3.05, 3.63) is 64.9 Å². The number of oxime groups is 1. The van der Waals surface area contributed by atoms with E-state index in [4.69, 9.17) is 4.74 Å². The average Bonchev–Trinajstić information content (AvgIpc) is 2.60. The van der Waals surface area contributed by atoms with E-state index in [-0.39, 0.29) is 17.7 Å². The Morgan fingerprint density at radius 1 is 1.24 bits per heavy atom. The lowest BCUT2D eigenvalue weighted by molar-refractivity contribution is -0.130. The van der Waals surface area contributed by atoms with E-state index in [1.54, 1.807) is 30.5 Å². The number of benzene rings is 1.